The van der Waals surface area contributed by atoms with E-state index in [-0.39, 0.29) is 11.0 Å². The van der Waals surface area contributed by atoms with Crippen LogP contribution in [0.25, 0.3) is 20.8 Å². The van der Waals surface area contributed by atoms with E-state index >= 15 is 0 Å². The molecule has 4 rings (SSSR count). The molecule has 0 aromatic heterocycles. The molecule has 1 aliphatic heterocycles. The first-order valence-corrected chi connectivity index (χ1v) is 17.5. The second kappa shape index (κ2) is 13.5. The minimum Gasteiger partial charge on any atom is -0.491 e. The summed E-state index contributed by atoms with van der Waals surface area (Å²) in [6.07, 6.45) is 7.62. The number of ether oxygens (including phenoxy) is 1. The Balaban J connectivity index is 1.73. The van der Waals surface area contributed by atoms with Crippen LogP contribution in [0.2, 0.25) is 0 Å². The minimum absolute atomic E-state index is 0.230. The molecule has 0 amide bonds. The SMILES string of the molecule is O=S(=O)(O)c1ccc(S(=O)(=O)O)c(N=c2cc3sc4ccccc4nc-3cc2OCCCCCCCCCBr)c1. The van der Waals surface area contributed by atoms with Crippen LogP contribution in [0.4, 0.5) is 5.69 Å². The van der Waals surface area contributed by atoms with Crippen LogP contribution in [-0.2, 0) is 20.2 Å². The van der Waals surface area contributed by atoms with Gasteiger partial charge in [-0.2, -0.15) is 16.8 Å². The smallest absolute Gasteiger partial charge is 0.296 e. The molecular formula is C27H29BrN2O7S3. The average Bonchev–Trinajstić information content (AvgIpc) is 2.90. The maximum absolute atomic E-state index is 12.0. The van der Waals surface area contributed by atoms with Crippen LogP contribution in [0.1, 0.15) is 44.9 Å². The van der Waals surface area contributed by atoms with Crippen molar-refractivity contribution in [2.75, 3.05) is 11.9 Å². The van der Waals surface area contributed by atoms with E-state index < -0.39 is 30.0 Å². The lowest BCUT2D eigenvalue weighted by Crippen LogP contribution is -2.12. The van der Waals surface area contributed by atoms with E-state index in [4.69, 9.17) is 9.72 Å². The van der Waals surface area contributed by atoms with Gasteiger partial charge in [-0.3, -0.25) is 9.11 Å². The standard InChI is InChI=1S/C27H29BrN2O7S3/c28-14-8-4-2-1-3-5-9-15-37-24-17-22-26(38-25-11-7-6-10-20(25)29-22)18-21(24)30-23-16-19(39(31,32)33)12-13-27(23)40(34,35)36/h6-7,10-13,16-18H,1-5,8-9,14-15H2,(H,31,32,33)(H,34,35,36). The van der Waals surface area contributed by atoms with E-state index in [9.17, 15) is 25.9 Å². The third kappa shape index (κ3) is 8.08. The van der Waals surface area contributed by atoms with Crippen molar-refractivity contribution in [1.29, 1.82) is 0 Å². The van der Waals surface area contributed by atoms with Crippen LogP contribution < -0.4 is 10.1 Å². The first-order chi connectivity index (χ1) is 19.1. The Bertz CT molecular complexity index is 1740. The van der Waals surface area contributed by atoms with Gasteiger partial charge < -0.3 is 4.74 Å². The van der Waals surface area contributed by atoms with Crippen molar-refractivity contribution in [1.82, 2.24) is 4.98 Å². The van der Waals surface area contributed by atoms with Gasteiger partial charge in [0.05, 0.1) is 38.0 Å². The first-order valence-electron chi connectivity index (χ1n) is 12.7. The van der Waals surface area contributed by atoms with Crippen LogP contribution in [-0.4, -0.2) is 42.9 Å². The van der Waals surface area contributed by atoms with Gasteiger partial charge in [0.25, 0.3) is 20.2 Å². The highest BCUT2D eigenvalue weighted by molar-refractivity contribution is 9.09. The molecule has 2 aromatic carbocycles. The van der Waals surface area contributed by atoms with Crippen molar-refractivity contribution >= 4 is 63.4 Å². The number of hydrogen-bond donors (Lipinski definition) is 2. The van der Waals surface area contributed by atoms with Crippen LogP contribution in [0.15, 0.2) is 69.4 Å². The number of rotatable bonds is 13. The molecule has 2 aliphatic rings. The Morgan fingerprint density at radius 3 is 2.25 bits per heavy atom. The summed E-state index contributed by atoms with van der Waals surface area (Å²) in [6, 6.07) is 13.7. The van der Waals surface area contributed by atoms with Gasteiger partial charge in [-0.25, -0.2) is 9.98 Å². The Morgan fingerprint density at radius 2 is 1.55 bits per heavy atom. The summed E-state index contributed by atoms with van der Waals surface area (Å²) in [7, 11) is -9.42. The highest BCUT2D eigenvalue weighted by Crippen LogP contribution is 2.33. The molecule has 0 atom stereocenters. The van der Waals surface area contributed by atoms with E-state index in [2.05, 4.69) is 20.9 Å². The van der Waals surface area contributed by atoms with Gasteiger partial charge in [-0.1, -0.05) is 60.2 Å². The molecule has 214 valence electrons. The molecule has 0 saturated carbocycles. The topological polar surface area (TPSA) is 143 Å². The van der Waals surface area contributed by atoms with Crippen LogP contribution in [0.3, 0.4) is 0 Å². The second-order valence-electron chi connectivity index (χ2n) is 9.17. The number of hydrogen-bond acceptors (Lipinski definition) is 8. The number of fused-ring (bicyclic) bond motifs is 2. The fourth-order valence-electron chi connectivity index (χ4n) is 4.15. The summed E-state index contributed by atoms with van der Waals surface area (Å²) in [5, 5.41) is 1.25. The van der Waals surface area contributed by atoms with Crippen LogP contribution in [0.5, 0.6) is 5.75 Å². The molecule has 40 heavy (non-hydrogen) atoms. The number of halogens is 1. The second-order valence-corrected chi connectivity index (χ2v) is 13.9. The summed E-state index contributed by atoms with van der Waals surface area (Å²) in [5.74, 6) is 0.332. The molecule has 0 saturated heterocycles. The van der Waals surface area contributed by atoms with Crippen molar-refractivity contribution in [3.63, 3.8) is 0 Å². The number of aromatic nitrogens is 1. The van der Waals surface area contributed by atoms with Gasteiger partial charge in [0.2, 0.25) is 0 Å². The summed E-state index contributed by atoms with van der Waals surface area (Å²) in [6.45, 7) is 0.392. The Kier molecular flexibility index (Phi) is 10.3. The molecule has 2 aromatic rings. The zero-order chi connectivity index (χ0) is 28.8. The maximum Gasteiger partial charge on any atom is 0.296 e. The number of alkyl halides is 1. The number of benzene rings is 3. The van der Waals surface area contributed by atoms with E-state index in [1.165, 1.54) is 30.6 Å². The van der Waals surface area contributed by atoms with E-state index in [1.807, 2.05) is 24.3 Å². The van der Waals surface area contributed by atoms with Gasteiger partial charge in [0, 0.05) is 11.4 Å². The third-order valence-corrected chi connectivity index (χ3v) is 9.57. The predicted molar refractivity (Wildman–Crippen MR) is 159 cm³/mol. The molecule has 0 radical (unpaired) electrons. The Hall–Kier alpha value is -2.42. The van der Waals surface area contributed by atoms with E-state index in [0.717, 1.165) is 64.3 Å². The van der Waals surface area contributed by atoms with Crippen molar-refractivity contribution in [3.8, 4) is 16.3 Å². The zero-order valence-corrected chi connectivity index (χ0v) is 25.5. The van der Waals surface area contributed by atoms with Gasteiger partial charge in [0.1, 0.15) is 16.0 Å². The first kappa shape index (κ1) is 30.5. The fraction of sp³-hybridized carbons (Fsp3) is 0.333. The summed E-state index contributed by atoms with van der Waals surface area (Å²) >= 11 is 4.91. The number of nitrogens with zero attached hydrogens (tertiary/aromatic N) is 2. The average molecular weight is 670 g/mol. The van der Waals surface area contributed by atoms with Crippen LogP contribution in [0, 0.1) is 0 Å². The molecule has 0 unspecified atom stereocenters. The highest BCUT2D eigenvalue weighted by Gasteiger charge is 2.20. The van der Waals surface area contributed by atoms with E-state index in [1.54, 1.807) is 12.1 Å². The molecule has 0 spiro atoms. The van der Waals surface area contributed by atoms with Crippen LogP contribution >= 0.6 is 27.3 Å². The monoisotopic (exact) mass is 668 g/mol. The zero-order valence-electron chi connectivity index (χ0n) is 21.5. The quantitative estimate of drug-likeness (QED) is 0.0699. The molecule has 13 heteroatoms. The largest absolute Gasteiger partial charge is 0.491 e. The van der Waals surface area contributed by atoms with Gasteiger partial charge in [-0.15, -0.1) is 11.3 Å². The van der Waals surface area contributed by atoms with Gasteiger partial charge in [0.15, 0.2) is 0 Å². The third-order valence-electron chi connectivity index (χ3n) is 6.15. The van der Waals surface area contributed by atoms with E-state index in [0.29, 0.717) is 18.1 Å². The number of unbranched alkanes of at least 4 members (excludes halogenated alkanes) is 6. The summed E-state index contributed by atoms with van der Waals surface area (Å²) in [4.78, 5) is 8.70. The Morgan fingerprint density at radius 1 is 0.850 bits per heavy atom. The lowest BCUT2D eigenvalue weighted by atomic mass is 10.1. The van der Waals surface area contributed by atoms with Crippen molar-refractivity contribution < 1.29 is 30.7 Å². The number of para-hydroxylation sites is 1. The summed E-state index contributed by atoms with van der Waals surface area (Å²) < 4.78 is 73.8. The van der Waals surface area contributed by atoms with Crippen molar-refractivity contribution in [3.05, 3.63) is 60.0 Å². The molecule has 1 heterocycles. The predicted octanol–water partition coefficient (Wildman–Crippen LogP) is 6.63. The summed E-state index contributed by atoms with van der Waals surface area (Å²) in [5.41, 5.74) is 1.11. The fourth-order valence-corrected chi connectivity index (χ4v) is 6.64. The van der Waals surface area contributed by atoms with Gasteiger partial charge in [-0.05, 0) is 49.2 Å². The van der Waals surface area contributed by atoms with Crippen molar-refractivity contribution in [2.45, 2.75) is 54.7 Å². The molecule has 0 fully saturated rings. The molecule has 9 nitrogen and oxygen atoms in total. The molecule has 0 bridgehead atoms. The molecular weight excluding hydrogens is 640 g/mol. The normalized spacial score (nSPS) is 12.8. The van der Waals surface area contributed by atoms with Crippen molar-refractivity contribution in [2.24, 2.45) is 4.99 Å². The lowest BCUT2D eigenvalue weighted by Gasteiger charge is -2.12. The highest BCUT2D eigenvalue weighted by atomic mass is 79.9. The molecule has 2 N–H and O–H groups in total. The lowest BCUT2D eigenvalue weighted by molar-refractivity contribution is 0.301. The Labute approximate surface area is 245 Å². The minimum atomic E-state index is -4.76. The maximum atomic E-state index is 12.0. The van der Waals surface area contributed by atoms with Gasteiger partial charge >= 0.3 is 0 Å². The molecule has 1 aliphatic carbocycles.